The van der Waals surface area contributed by atoms with E-state index in [1.807, 2.05) is 34.6 Å². The molecule has 0 aliphatic carbocycles. The van der Waals surface area contributed by atoms with Gasteiger partial charge in [0.15, 0.2) is 0 Å². The number of amides is 3. The van der Waals surface area contributed by atoms with Crippen LogP contribution >= 0.6 is 0 Å². The minimum absolute atomic E-state index is 0.122. The molecule has 7 nitrogen and oxygen atoms in total. The van der Waals surface area contributed by atoms with Crippen LogP contribution in [0.5, 0.6) is 0 Å². The molecule has 0 spiro atoms. The van der Waals surface area contributed by atoms with Gasteiger partial charge in [0.05, 0.1) is 0 Å². The van der Waals surface area contributed by atoms with Crippen molar-refractivity contribution in [1.82, 2.24) is 15.5 Å². The minimum atomic E-state index is -0.897. The molecule has 0 aliphatic heterocycles. The van der Waals surface area contributed by atoms with Crippen molar-refractivity contribution in [3.05, 3.63) is 35.4 Å². The lowest BCUT2D eigenvalue weighted by molar-refractivity contribution is -0.146. The highest BCUT2D eigenvalue weighted by atomic mass is 16.6. The molecule has 212 valence electrons. The van der Waals surface area contributed by atoms with Gasteiger partial charge in [0.25, 0.3) is 0 Å². The summed E-state index contributed by atoms with van der Waals surface area (Å²) < 4.78 is 5.48. The van der Waals surface area contributed by atoms with Gasteiger partial charge in [0.1, 0.15) is 17.7 Å². The first kappa shape index (κ1) is 33.0. The van der Waals surface area contributed by atoms with Crippen LogP contribution in [0.4, 0.5) is 4.79 Å². The predicted molar refractivity (Wildman–Crippen MR) is 153 cm³/mol. The van der Waals surface area contributed by atoms with Gasteiger partial charge in [-0.15, -0.1) is 6.42 Å². The molecule has 0 bridgehead atoms. The Kier molecular flexibility index (Phi) is 12.9. The van der Waals surface area contributed by atoms with Gasteiger partial charge in [0, 0.05) is 17.6 Å². The van der Waals surface area contributed by atoms with E-state index < -0.39 is 23.8 Å². The lowest BCUT2D eigenvalue weighted by atomic mass is 9.93. The summed E-state index contributed by atoms with van der Waals surface area (Å²) in [5.74, 6) is 2.25. The van der Waals surface area contributed by atoms with Gasteiger partial charge in [-0.2, -0.15) is 0 Å². The summed E-state index contributed by atoms with van der Waals surface area (Å²) >= 11 is 0. The van der Waals surface area contributed by atoms with Crippen molar-refractivity contribution in [1.29, 1.82) is 0 Å². The zero-order chi connectivity index (χ0) is 29.2. The van der Waals surface area contributed by atoms with Gasteiger partial charge in [-0.3, -0.25) is 9.59 Å². The third-order valence-corrected chi connectivity index (χ3v) is 6.39. The van der Waals surface area contributed by atoms with Crippen LogP contribution in [-0.4, -0.2) is 46.5 Å². The van der Waals surface area contributed by atoms with Gasteiger partial charge >= 0.3 is 6.09 Å². The van der Waals surface area contributed by atoms with E-state index in [1.165, 1.54) is 0 Å². The number of ether oxygens (including phenoxy) is 1. The molecule has 0 heterocycles. The largest absolute Gasteiger partial charge is 0.444 e. The first-order chi connectivity index (χ1) is 17.6. The van der Waals surface area contributed by atoms with Crippen LogP contribution in [0.3, 0.4) is 0 Å². The number of hydrogen-bond acceptors (Lipinski definition) is 4. The van der Waals surface area contributed by atoms with Crippen molar-refractivity contribution in [2.45, 2.75) is 118 Å². The van der Waals surface area contributed by atoms with Gasteiger partial charge in [-0.1, -0.05) is 52.2 Å². The Morgan fingerprint density at radius 1 is 0.974 bits per heavy atom. The third kappa shape index (κ3) is 10.4. The summed E-state index contributed by atoms with van der Waals surface area (Å²) in [6.45, 7) is 19.2. The molecule has 4 atom stereocenters. The van der Waals surface area contributed by atoms with Crippen molar-refractivity contribution < 1.29 is 19.1 Å². The number of nitrogens with one attached hydrogen (secondary N) is 2. The first-order valence-electron chi connectivity index (χ1n) is 13.8. The molecule has 0 saturated carbocycles. The summed E-state index contributed by atoms with van der Waals surface area (Å²) in [5.41, 5.74) is 0.633. The summed E-state index contributed by atoms with van der Waals surface area (Å²) in [7, 11) is 0. The van der Waals surface area contributed by atoms with E-state index in [0.29, 0.717) is 29.9 Å². The first-order valence-corrected chi connectivity index (χ1v) is 13.8. The zero-order valence-electron chi connectivity index (χ0n) is 25.1. The quantitative estimate of drug-likeness (QED) is 0.335. The van der Waals surface area contributed by atoms with E-state index in [-0.39, 0.29) is 29.8 Å². The second-order valence-corrected chi connectivity index (χ2v) is 11.9. The van der Waals surface area contributed by atoms with Crippen LogP contribution in [0, 0.1) is 24.2 Å². The van der Waals surface area contributed by atoms with E-state index in [2.05, 4.69) is 30.4 Å². The highest BCUT2D eigenvalue weighted by molar-refractivity contribution is 5.92. The second kappa shape index (κ2) is 14.8. The Labute approximate surface area is 230 Å². The van der Waals surface area contributed by atoms with E-state index in [1.54, 1.807) is 49.9 Å². The molecule has 0 radical (unpaired) electrons. The Bertz CT molecular complexity index is 957. The average Bonchev–Trinajstić information content (AvgIpc) is 2.81. The predicted octanol–water partition coefficient (Wildman–Crippen LogP) is 5.83. The van der Waals surface area contributed by atoms with Crippen molar-refractivity contribution in [2.75, 3.05) is 0 Å². The molecule has 0 fully saturated rings. The number of hydrogen-bond donors (Lipinski definition) is 2. The minimum Gasteiger partial charge on any atom is -0.444 e. The molecule has 7 heteroatoms. The molecule has 38 heavy (non-hydrogen) atoms. The van der Waals surface area contributed by atoms with Crippen LogP contribution in [0.25, 0.3) is 0 Å². The molecule has 1 rings (SSSR count). The summed E-state index contributed by atoms with van der Waals surface area (Å²) in [5, 5.41) is 5.81. The second-order valence-electron chi connectivity index (χ2n) is 11.9. The fourth-order valence-corrected chi connectivity index (χ4v) is 4.15. The van der Waals surface area contributed by atoms with E-state index >= 15 is 0 Å². The van der Waals surface area contributed by atoms with Gasteiger partial charge in [-0.05, 0) is 83.9 Å². The number of terminal acetylenes is 1. The fourth-order valence-electron chi connectivity index (χ4n) is 4.15. The van der Waals surface area contributed by atoms with Crippen molar-refractivity contribution in [3.8, 4) is 12.3 Å². The Morgan fingerprint density at radius 3 is 2.00 bits per heavy atom. The average molecular weight is 528 g/mol. The summed E-state index contributed by atoms with van der Waals surface area (Å²) in [4.78, 5) is 42.6. The third-order valence-electron chi connectivity index (χ3n) is 6.39. The van der Waals surface area contributed by atoms with Crippen molar-refractivity contribution in [2.24, 2.45) is 11.8 Å². The molecular weight excluding hydrogens is 478 g/mol. The van der Waals surface area contributed by atoms with Crippen LogP contribution in [0.15, 0.2) is 24.3 Å². The lowest BCUT2D eigenvalue weighted by Gasteiger charge is -2.40. The number of alkyl carbamates (subject to hydrolysis) is 1. The van der Waals surface area contributed by atoms with Crippen LogP contribution in [0.2, 0.25) is 0 Å². The number of carbonyl (C=O) groups is 3. The standard InChI is InChI=1S/C31H49N3O4/c1-12-22(7)26(33-30(37)38-31(9,10)11)29(36)34(23(8)15-14-20(3)4)27(28(35)32-21(5)6)25-18-16-24(13-2)17-19-25/h2,16-23,26-27H,12,14-15H2,1,3-11H3,(H,32,35)(H,33,37). The molecule has 0 aromatic heterocycles. The topological polar surface area (TPSA) is 87.7 Å². The molecule has 4 unspecified atom stereocenters. The Balaban J connectivity index is 3.66. The maximum atomic E-state index is 14.4. The van der Waals surface area contributed by atoms with Gasteiger partial charge in [0.2, 0.25) is 11.8 Å². The highest BCUT2D eigenvalue weighted by Gasteiger charge is 2.40. The monoisotopic (exact) mass is 527 g/mol. The summed E-state index contributed by atoms with van der Waals surface area (Å²) in [6.07, 6.45) is 7.14. The lowest BCUT2D eigenvalue weighted by Crippen LogP contribution is -2.57. The molecule has 1 aromatic rings. The number of rotatable bonds is 12. The van der Waals surface area contributed by atoms with Gasteiger partial charge in [-0.25, -0.2) is 4.79 Å². The molecule has 0 aliphatic rings. The molecule has 0 saturated heterocycles. The van der Waals surface area contributed by atoms with Crippen molar-refractivity contribution >= 4 is 17.9 Å². The number of nitrogens with zero attached hydrogens (tertiary/aromatic N) is 1. The maximum absolute atomic E-state index is 14.4. The van der Waals surface area contributed by atoms with E-state index in [0.717, 1.165) is 6.42 Å². The van der Waals surface area contributed by atoms with Crippen LogP contribution in [0.1, 0.15) is 106 Å². The Morgan fingerprint density at radius 2 is 1.55 bits per heavy atom. The normalized spacial score (nSPS) is 14.7. The van der Waals surface area contributed by atoms with Gasteiger partial charge < -0.3 is 20.3 Å². The van der Waals surface area contributed by atoms with E-state index in [9.17, 15) is 14.4 Å². The molecule has 3 amide bonds. The number of carbonyl (C=O) groups excluding carboxylic acids is 3. The fraction of sp³-hybridized carbons (Fsp3) is 0.645. The number of benzene rings is 1. The SMILES string of the molecule is C#Cc1ccc(C(C(=O)NC(C)C)N(C(=O)C(NC(=O)OC(C)(C)C)C(C)CC)C(C)CCC(C)C)cc1. The smallest absolute Gasteiger partial charge is 0.408 e. The molecule has 1 aromatic carbocycles. The van der Waals surface area contributed by atoms with Crippen LogP contribution in [-0.2, 0) is 14.3 Å². The van der Waals surface area contributed by atoms with E-state index in [4.69, 9.17) is 11.2 Å². The van der Waals surface area contributed by atoms with Crippen molar-refractivity contribution in [3.63, 3.8) is 0 Å². The zero-order valence-corrected chi connectivity index (χ0v) is 25.1. The Hall–Kier alpha value is -3.01. The highest BCUT2D eigenvalue weighted by Crippen LogP contribution is 2.29. The summed E-state index contributed by atoms with van der Waals surface area (Å²) in [6, 6.07) is 5.00. The maximum Gasteiger partial charge on any atom is 0.408 e. The molecular formula is C31H49N3O4. The molecule has 2 N–H and O–H groups in total. The van der Waals surface area contributed by atoms with Crippen LogP contribution < -0.4 is 10.6 Å².